The number of hydrogen-bond donors (Lipinski definition) is 2. The van der Waals surface area contributed by atoms with Gasteiger partial charge in [0.1, 0.15) is 5.92 Å². The predicted octanol–water partition coefficient (Wildman–Crippen LogP) is 2.31. The van der Waals surface area contributed by atoms with Gasteiger partial charge in [-0.25, -0.2) is 0 Å². The van der Waals surface area contributed by atoms with Crippen LogP contribution in [-0.2, 0) is 5.60 Å². The summed E-state index contributed by atoms with van der Waals surface area (Å²) in [6.45, 7) is 0. The summed E-state index contributed by atoms with van der Waals surface area (Å²) < 4.78 is 38.9. The number of nitrogen functional groups attached to an aromatic ring is 1. The zero-order chi connectivity index (χ0) is 12.8. The van der Waals surface area contributed by atoms with E-state index in [2.05, 4.69) is 11.8 Å². The molecule has 0 aromatic heterocycles. The average Bonchev–Trinajstić information content (AvgIpc) is 3.02. The summed E-state index contributed by atoms with van der Waals surface area (Å²) >= 11 is 5.62. The van der Waals surface area contributed by atoms with Gasteiger partial charge in [0.15, 0.2) is 0 Å². The van der Waals surface area contributed by atoms with Gasteiger partial charge in [-0.2, -0.15) is 13.2 Å². The summed E-state index contributed by atoms with van der Waals surface area (Å²) in [5, 5.41) is 9.94. The minimum atomic E-state index is -4.88. The number of hydrogen-bond acceptors (Lipinski definition) is 2. The highest BCUT2D eigenvalue weighted by molar-refractivity contribution is 6.30. The number of rotatable bonds is 2. The monoisotopic (exact) mass is 261 g/mol. The fourth-order valence-corrected chi connectivity index (χ4v) is 1.75. The van der Waals surface area contributed by atoms with Crippen LogP contribution in [0.15, 0.2) is 18.2 Å². The number of anilines is 1. The number of halogens is 4. The maximum absolute atomic E-state index is 13.0. The largest absolute Gasteiger partial charge is 0.423 e. The van der Waals surface area contributed by atoms with Crippen molar-refractivity contribution in [3.8, 4) is 11.8 Å². The molecule has 3 N–H and O–H groups in total. The molecule has 1 aliphatic carbocycles. The van der Waals surface area contributed by atoms with Gasteiger partial charge in [-0.1, -0.05) is 23.4 Å². The number of benzene rings is 1. The van der Waals surface area contributed by atoms with Gasteiger partial charge >= 0.3 is 6.18 Å². The second kappa shape index (κ2) is 3.56. The summed E-state index contributed by atoms with van der Waals surface area (Å²) in [7, 11) is 0. The highest BCUT2D eigenvalue weighted by Gasteiger charge is 2.62. The molecule has 17 heavy (non-hydrogen) atoms. The average molecular weight is 262 g/mol. The second-order valence-corrected chi connectivity index (χ2v) is 4.15. The Morgan fingerprint density at radius 1 is 1.29 bits per heavy atom. The van der Waals surface area contributed by atoms with Crippen molar-refractivity contribution >= 4 is 17.3 Å². The molecule has 1 aliphatic rings. The summed E-state index contributed by atoms with van der Waals surface area (Å²) in [6.07, 6.45) is -4.88. The fraction of sp³-hybridized carbons (Fsp3) is 0.273. The zero-order valence-electron chi connectivity index (χ0n) is 8.35. The lowest BCUT2D eigenvalue weighted by Gasteiger charge is -2.31. The Morgan fingerprint density at radius 2 is 1.88 bits per heavy atom. The first kappa shape index (κ1) is 12.1. The molecular weight excluding hydrogens is 255 g/mol. The molecule has 1 aromatic rings. The van der Waals surface area contributed by atoms with E-state index >= 15 is 0 Å². The van der Waals surface area contributed by atoms with Crippen molar-refractivity contribution < 1.29 is 18.3 Å². The summed E-state index contributed by atoms with van der Waals surface area (Å²) in [4.78, 5) is 0. The zero-order valence-corrected chi connectivity index (χ0v) is 9.10. The van der Waals surface area contributed by atoms with Crippen molar-refractivity contribution in [2.45, 2.75) is 11.8 Å². The van der Waals surface area contributed by atoms with Crippen LogP contribution in [0, 0.1) is 17.8 Å². The number of aliphatic hydroxyl groups is 1. The van der Waals surface area contributed by atoms with Crippen molar-refractivity contribution in [3.63, 3.8) is 0 Å². The van der Waals surface area contributed by atoms with Gasteiger partial charge in [-0.15, -0.1) is 0 Å². The first-order valence-electron chi connectivity index (χ1n) is 4.62. The Morgan fingerprint density at radius 3 is 2.35 bits per heavy atom. The quantitative estimate of drug-likeness (QED) is 0.634. The van der Waals surface area contributed by atoms with Gasteiger partial charge in [-0.05, 0) is 18.2 Å². The van der Waals surface area contributed by atoms with Crippen LogP contribution in [0.4, 0.5) is 18.9 Å². The first-order valence-corrected chi connectivity index (χ1v) is 5.00. The van der Waals surface area contributed by atoms with Crippen LogP contribution in [0.2, 0.25) is 5.02 Å². The van der Waals surface area contributed by atoms with Crippen molar-refractivity contribution in [3.05, 3.63) is 28.8 Å². The van der Waals surface area contributed by atoms with E-state index in [4.69, 9.17) is 17.3 Å². The van der Waals surface area contributed by atoms with Gasteiger partial charge in [-0.3, -0.25) is 0 Å². The van der Waals surface area contributed by atoms with E-state index in [1.165, 1.54) is 12.1 Å². The smallest absolute Gasteiger partial charge is 0.398 e. The Hall–Kier alpha value is -1.38. The normalized spacial score (nSPS) is 18.2. The standard InChI is InChI=1S/C11H7ClF3NO/c12-7-3-4-9(16)8(5-7)10(17,6-1-2-6)11(13,14)15/h3-6,17H,16H2/t10-/m0/s1. The molecule has 1 aromatic carbocycles. The number of nitrogens with two attached hydrogens (primary N) is 1. The molecule has 0 spiro atoms. The van der Waals surface area contributed by atoms with Gasteiger partial charge < -0.3 is 10.8 Å². The third-order valence-electron chi connectivity index (χ3n) is 2.56. The molecule has 2 nitrogen and oxygen atoms in total. The Labute approximate surface area is 100 Å². The molecule has 0 fully saturated rings. The summed E-state index contributed by atoms with van der Waals surface area (Å²) in [5.74, 6) is 3.09. The van der Waals surface area contributed by atoms with Crippen LogP contribution in [0.3, 0.4) is 0 Å². The van der Waals surface area contributed by atoms with Gasteiger partial charge in [0.05, 0.1) is 0 Å². The molecular formula is C11H7ClF3NO. The van der Waals surface area contributed by atoms with Crippen LogP contribution in [0.25, 0.3) is 0 Å². The van der Waals surface area contributed by atoms with Crippen molar-refractivity contribution in [1.29, 1.82) is 0 Å². The van der Waals surface area contributed by atoms with Crippen LogP contribution in [0.1, 0.15) is 5.56 Å². The molecule has 0 saturated carbocycles. The maximum atomic E-state index is 13.0. The molecule has 0 saturated heterocycles. The van der Waals surface area contributed by atoms with Crippen LogP contribution in [0.5, 0.6) is 0 Å². The molecule has 0 amide bonds. The van der Waals surface area contributed by atoms with E-state index in [1.54, 1.807) is 0 Å². The Kier molecular flexibility index (Phi) is 2.53. The minimum absolute atomic E-state index is 0.0672. The summed E-state index contributed by atoms with van der Waals surface area (Å²) in [5.41, 5.74) is 1.71. The van der Waals surface area contributed by atoms with Gasteiger partial charge in [0.25, 0.3) is 0 Å². The van der Waals surface area contributed by atoms with E-state index in [9.17, 15) is 18.3 Å². The second-order valence-electron chi connectivity index (χ2n) is 3.72. The lowest BCUT2D eigenvalue weighted by atomic mass is 9.85. The SMILES string of the molecule is Nc1ccc(Cl)cc1[C@@](O)(C1C#C1)C(F)(F)F. The fourth-order valence-electron chi connectivity index (χ4n) is 1.58. The predicted molar refractivity (Wildman–Crippen MR) is 57.1 cm³/mol. The maximum Gasteiger partial charge on any atom is 0.423 e. The lowest BCUT2D eigenvalue weighted by molar-refractivity contribution is -0.271. The highest BCUT2D eigenvalue weighted by atomic mass is 35.5. The Bertz CT molecular complexity index is 524. The molecule has 90 valence electrons. The van der Waals surface area contributed by atoms with E-state index in [0.29, 0.717) is 0 Å². The number of alkyl halides is 3. The topological polar surface area (TPSA) is 46.2 Å². The molecule has 6 heteroatoms. The van der Waals surface area contributed by atoms with E-state index in [-0.39, 0.29) is 10.7 Å². The first-order chi connectivity index (χ1) is 7.76. The van der Waals surface area contributed by atoms with E-state index in [0.717, 1.165) is 6.07 Å². The van der Waals surface area contributed by atoms with Gasteiger partial charge in [0.2, 0.25) is 5.60 Å². The minimum Gasteiger partial charge on any atom is -0.398 e. The molecule has 2 rings (SSSR count). The molecule has 0 radical (unpaired) electrons. The van der Waals surface area contributed by atoms with Crippen molar-refractivity contribution in [2.75, 3.05) is 5.73 Å². The van der Waals surface area contributed by atoms with Crippen molar-refractivity contribution in [2.24, 2.45) is 5.92 Å². The molecule has 0 bridgehead atoms. The Balaban J connectivity index is 2.57. The molecule has 0 heterocycles. The molecule has 1 atom stereocenters. The highest BCUT2D eigenvalue weighted by Crippen LogP contribution is 2.48. The van der Waals surface area contributed by atoms with E-state index in [1.807, 2.05) is 0 Å². The van der Waals surface area contributed by atoms with Crippen molar-refractivity contribution in [1.82, 2.24) is 0 Å². The van der Waals surface area contributed by atoms with Crippen LogP contribution >= 0.6 is 11.6 Å². The summed E-state index contributed by atoms with van der Waals surface area (Å²) in [6, 6.07) is 3.58. The third-order valence-corrected chi connectivity index (χ3v) is 2.80. The third kappa shape index (κ3) is 1.84. The lowest BCUT2D eigenvalue weighted by Crippen LogP contribution is -2.45. The van der Waals surface area contributed by atoms with E-state index < -0.39 is 23.3 Å². The molecule has 0 aliphatic heterocycles. The van der Waals surface area contributed by atoms with Crippen LogP contribution in [-0.4, -0.2) is 11.3 Å². The van der Waals surface area contributed by atoms with Crippen LogP contribution < -0.4 is 5.73 Å². The van der Waals surface area contributed by atoms with Gasteiger partial charge in [0, 0.05) is 16.3 Å². The molecule has 0 unspecified atom stereocenters.